The van der Waals surface area contributed by atoms with Gasteiger partial charge >= 0.3 is 5.97 Å². The largest absolute Gasteiger partial charge is 0.491 e. The first-order valence-electron chi connectivity index (χ1n) is 6.43. The lowest BCUT2D eigenvalue weighted by molar-refractivity contribution is -0.131. The Hall–Kier alpha value is -1.81. The topological polar surface area (TPSA) is 55.8 Å². The van der Waals surface area contributed by atoms with Gasteiger partial charge in [-0.3, -0.25) is 0 Å². The van der Waals surface area contributed by atoms with Crippen molar-refractivity contribution in [2.75, 3.05) is 6.61 Å². The summed E-state index contributed by atoms with van der Waals surface area (Å²) in [4.78, 5) is 10.5. The quantitative estimate of drug-likeness (QED) is 0.829. The van der Waals surface area contributed by atoms with Gasteiger partial charge in [-0.05, 0) is 43.5 Å². The van der Waals surface area contributed by atoms with Crippen LogP contribution in [-0.2, 0) is 9.53 Å². The van der Waals surface area contributed by atoms with Crippen LogP contribution in [0.5, 0.6) is 5.75 Å². The Bertz CT molecular complexity index is 467. The van der Waals surface area contributed by atoms with Crippen molar-refractivity contribution in [1.29, 1.82) is 0 Å². The van der Waals surface area contributed by atoms with E-state index in [2.05, 4.69) is 6.92 Å². The van der Waals surface area contributed by atoms with Crippen molar-refractivity contribution in [1.82, 2.24) is 0 Å². The number of rotatable bonds is 5. The maximum absolute atomic E-state index is 10.5. The van der Waals surface area contributed by atoms with Gasteiger partial charge in [0.05, 0.1) is 12.2 Å². The smallest absolute Gasteiger partial charge is 0.328 e. The first-order chi connectivity index (χ1) is 9.13. The second-order valence-corrected chi connectivity index (χ2v) is 4.70. The van der Waals surface area contributed by atoms with Crippen molar-refractivity contribution in [2.45, 2.75) is 32.0 Å². The van der Waals surface area contributed by atoms with Crippen molar-refractivity contribution in [3.8, 4) is 5.75 Å². The number of aliphatic carboxylic acids is 1. The molecule has 19 heavy (non-hydrogen) atoms. The highest BCUT2D eigenvalue weighted by Gasteiger charge is 2.22. The zero-order chi connectivity index (χ0) is 13.7. The van der Waals surface area contributed by atoms with Crippen molar-refractivity contribution in [3.05, 3.63) is 35.9 Å². The van der Waals surface area contributed by atoms with Gasteiger partial charge in [0.1, 0.15) is 12.4 Å². The number of hydrogen-bond acceptors (Lipinski definition) is 3. The highest BCUT2D eigenvalue weighted by atomic mass is 16.5. The van der Waals surface area contributed by atoms with Gasteiger partial charge in [0.2, 0.25) is 0 Å². The summed E-state index contributed by atoms with van der Waals surface area (Å²) in [7, 11) is 0. The molecule has 0 aromatic heterocycles. The van der Waals surface area contributed by atoms with E-state index in [1.807, 2.05) is 24.3 Å². The highest BCUT2D eigenvalue weighted by Crippen LogP contribution is 2.21. The lowest BCUT2D eigenvalue weighted by Gasteiger charge is -2.12. The fraction of sp³-hybridized carbons (Fsp3) is 0.400. The second kappa shape index (κ2) is 6.38. The van der Waals surface area contributed by atoms with Crippen molar-refractivity contribution in [2.24, 2.45) is 0 Å². The standard InChI is InChI=1S/C15H18O4/c1-11-5-7-14(19-11)10-18-13-4-2-3-12(9-13)6-8-15(16)17/h2-4,6,8-9,11,14H,5,7,10H2,1H3,(H,16,17)/b8-6+. The molecular weight excluding hydrogens is 244 g/mol. The number of carbonyl (C=O) groups is 1. The minimum absolute atomic E-state index is 0.160. The summed E-state index contributed by atoms with van der Waals surface area (Å²) < 4.78 is 11.4. The maximum atomic E-state index is 10.5. The van der Waals surface area contributed by atoms with E-state index in [4.69, 9.17) is 14.6 Å². The number of benzene rings is 1. The molecule has 1 heterocycles. The van der Waals surface area contributed by atoms with Crippen LogP contribution in [0.25, 0.3) is 6.08 Å². The van der Waals surface area contributed by atoms with Gasteiger partial charge in [0.15, 0.2) is 0 Å². The Balaban J connectivity index is 1.90. The third kappa shape index (κ3) is 4.41. The van der Waals surface area contributed by atoms with Crippen LogP contribution in [0.15, 0.2) is 30.3 Å². The fourth-order valence-electron chi connectivity index (χ4n) is 2.07. The Morgan fingerprint density at radius 1 is 1.53 bits per heavy atom. The first kappa shape index (κ1) is 13.6. The molecule has 1 N–H and O–H groups in total. The SMILES string of the molecule is CC1CCC(COc2cccc(/C=C/C(=O)O)c2)O1. The summed E-state index contributed by atoms with van der Waals surface area (Å²) >= 11 is 0. The molecule has 0 aliphatic carbocycles. The molecule has 0 radical (unpaired) electrons. The van der Waals surface area contributed by atoms with Gasteiger partial charge in [-0.15, -0.1) is 0 Å². The van der Waals surface area contributed by atoms with Crippen LogP contribution in [0.4, 0.5) is 0 Å². The van der Waals surface area contributed by atoms with E-state index in [1.54, 1.807) is 6.08 Å². The zero-order valence-corrected chi connectivity index (χ0v) is 10.9. The van der Waals surface area contributed by atoms with E-state index in [9.17, 15) is 4.79 Å². The van der Waals surface area contributed by atoms with E-state index in [0.29, 0.717) is 12.7 Å². The van der Waals surface area contributed by atoms with E-state index in [-0.39, 0.29) is 6.10 Å². The van der Waals surface area contributed by atoms with Crippen LogP contribution >= 0.6 is 0 Å². The third-order valence-electron chi connectivity index (χ3n) is 3.03. The number of hydrogen-bond donors (Lipinski definition) is 1. The number of carboxylic acids is 1. The van der Waals surface area contributed by atoms with Crippen LogP contribution in [0, 0.1) is 0 Å². The molecule has 0 bridgehead atoms. The average molecular weight is 262 g/mol. The molecule has 2 unspecified atom stereocenters. The minimum atomic E-state index is -0.959. The lowest BCUT2D eigenvalue weighted by atomic mass is 10.2. The van der Waals surface area contributed by atoms with Crippen molar-refractivity contribution < 1.29 is 19.4 Å². The molecule has 1 aliphatic heterocycles. The summed E-state index contributed by atoms with van der Waals surface area (Å²) in [5, 5.41) is 8.58. The molecule has 2 rings (SSSR count). The highest BCUT2D eigenvalue weighted by molar-refractivity contribution is 5.85. The lowest BCUT2D eigenvalue weighted by Crippen LogP contribution is -2.17. The van der Waals surface area contributed by atoms with Gasteiger partial charge < -0.3 is 14.6 Å². The Kier molecular flexibility index (Phi) is 4.58. The molecular formula is C15H18O4. The molecule has 2 atom stereocenters. The predicted octanol–water partition coefficient (Wildman–Crippen LogP) is 2.73. The molecule has 0 spiro atoms. The normalized spacial score (nSPS) is 22.8. The Labute approximate surface area is 112 Å². The fourth-order valence-corrected chi connectivity index (χ4v) is 2.07. The molecule has 1 aromatic carbocycles. The van der Waals surface area contributed by atoms with Crippen LogP contribution in [0.1, 0.15) is 25.3 Å². The minimum Gasteiger partial charge on any atom is -0.491 e. The molecule has 0 amide bonds. The summed E-state index contributed by atoms with van der Waals surface area (Å²) in [5.74, 6) is -0.227. The number of ether oxygens (including phenoxy) is 2. The second-order valence-electron chi connectivity index (χ2n) is 4.70. The van der Waals surface area contributed by atoms with E-state index >= 15 is 0 Å². The predicted molar refractivity (Wildman–Crippen MR) is 72.2 cm³/mol. The van der Waals surface area contributed by atoms with E-state index in [1.165, 1.54) is 0 Å². The Morgan fingerprint density at radius 3 is 3.05 bits per heavy atom. The summed E-state index contributed by atoms with van der Waals surface area (Å²) in [6.45, 7) is 2.60. The summed E-state index contributed by atoms with van der Waals surface area (Å²) in [6.07, 6.45) is 5.24. The van der Waals surface area contributed by atoms with E-state index < -0.39 is 5.97 Å². The first-order valence-corrected chi connectivity index (χ1v) is 6.43. The van der Waals surface area contributed by atoms with Crippen LogP contribution in [0.2, 0.25) is 0 Å². The average Bonchev–Trinajstić information content (AvgIpc) is 2.80. The molecule has 1 fully saturated rings. The van der Waals surface area contributed by atoms with Crippen molar-refractivity contribution >= 4 is 12.0 Å². The monoisotopic (exact) mass is 262 g/mol. The molecule has 1 aromatic rings. The zero-order valence-electron chi connectivity index (χ0n) is 10.9. The van der Waals surface area contributed by atoms with Gasteiger partial charge in [0.25, 0.3) is 0 Å². The number of carboxylic acid groups (broad SMARTS) is 1. The van der Waals surface area contributed by atoms with Gasteiger partial charge in [-0.1, -0.05) is 12.1 Å². The summed E-state index contributed by atoms with van der Waals surface area (Å²) in [5.41, 5.74) is 0.806. The summed E-state index contributed by atoms with van der Waals surface area (Å²) in [6, 6.07) is 7.35. The van der Waals surface area contributed by atoms with Gasteiger partial charge in [0, 0.05) is 6.08 Å². The molecule has 4 nitrogen and oxygen atoms in total. The Morgan fingerprint density at radius 2 is 2.37 bits per heavy atom. The van der Waals surface area contributed by atoms with Crippen LogP contribution in [0.3, 0.4) is 0 Å². The molecule has 102 valence electrons. The van der Waals surface area contributed by atoms with Crippen LogP contribution < -0.4 is 4.74 Å². The molecule has 1 aliphatic rings. The molecule has 1 saturated heterocycles. The molecule has 4 heteroatoms. The van der Waals surface area contributed by atoms with Gasteiger partial charge in [-0.25, -0.2) is 4.79 Å². The van der Waals surface area contributed by atoms with E-state index in [0.717, 1.165) is 30.2 Å². The molecule has 0 saturated carbocycles. The van der Waals surface area contributed by atoms with Crippen LogP contribution in [-0.4, -0.2) is 29.9 Å². The van der Waals surface area contributed by atoms with Crippen molar-refractivity contribution in [3.63, 3.8) is 0 Å². The van der Waals surface area contributed by atoms with Gasteiger partial charge in [-0.2, -0.15) is 0 Å². The third-order valence-corrected chi connectivity index (χ3v) is 3.03. The maximum Gasteiger partial charge on any atom is 0.328 e.